The van der Waals surface area contributed by atoms with Crippen molar-refractivity contribution >= 4 is 17.2 Å². The summed E-state index contributed by atoms with van der Waals surface area (Å²) in [4.78, 5) is 12.0. The van der Waals surface area contributed by atoms with Crippen LogP contribution in [0.1, 0.15) is 16.1 Å². The van der Waals surface area contributed by atoms with Crippen molar-refractivity contribution < 1.29 is 13.9 Å². The number of nitrogens with one attached hydrogen (secondary N) is 1. The van der Waals surface area contributed by atoms with E-state index in [4.69, 9.17) is 4.74 Å². The average molecular weight is 332 g/mol. The first kappa shape index (κ1) is 15.2. The molecule has 0 fully saturated rings. The molecule has 0 aliphatic carbocycles. The summed E-state index contributed by atoms with van der Waals surface area (Å²) in [5.74, 6) is -0.874. The molecule has 0 radical (unpaired) electrons. The first-order chi connectivity index (χ1) is 11.2. The number of amides is 1. The van der Waals surface area contributed by atoms with Gasteiger partial charge in [-0.3, -0.25) is 4.79 Å². The molecule has 0 unspecified atom stereocenters. The molecule has 6 nitrogen and oxygen atoms in total. The molecular weight excluding hydrogens is 319 g/mol. The van der Waals surface area contributed by atoms with Crippen LogP contribution in [0.3, 0.4) is 0 Å². The molecule has 1 amide bonds. The Labute approximate surface area is 135 Å². The van der Waals surface area contributed by atoms with Crippen LogP contribution in [0.5, 0.6) is 5.75 Å². The summed E-state index contributed by atoms with van der Waals surface area (Å²) in [6, 6.07) is 7.89. The van der Waals surface area contributed by atoms with Crippen LogP contribution in [-0.4, -0.2) is 28.0 Å². The summed E-state index contributed by atoms with van der Waals surface area (Å²) in [6.45, 7) is 0.206. The average Bonchev–Trinajstić information content (AvgIpc) is 3.23. The van der Waals surface area contributed by atoms with Crippen LogP contribution >= 0.6 is 11.3 Å². The number of carbonyl (C=O) groups excluding carboxylic acids is 1. The smallest absolute Gasteiger partial charge is 0.251 e. The fourth-order valence-corrected chi connectivity index (χ4v) is 2.62. The highest BCUT2D eigenvalue weighted by atomic mass is 32.1. The number of nitrogens with zero attached hydrogens (tertiary/aromatic N) is 3. The molecule has 8 heteroatoms. The number of thiophene rings is 1. The third-order valence-corrected chi connectivity index (χ3v) is 3.97. The lowest BCUT2D eigenvalue weighted by atomic mass is 10.2. The summed E-state index contributed by atoms with van der Waals surface area (Å²) in [6.07, 6.45) is 1.74. The van der Waals surface area contributed by atoms with Crippen LogP contribution in [0.25, 0.3) is 5.00 Å². The van der Waals surface area contributed by atoms with Crippen molar-refractivity contribution in [3.05, 3.63) is 59.0 Å². The minimum Gasteiger partial charge on any atom is -0.494 e. The number of rotatable bonds is 5. The first-order valence-electron chi connectivity index (χ1n) is 6.74. The fourth-order valence-electron chi connectivity index (χ4n) is 1.97. The van der Waals surface area contributed by atoms with Gasteiger partial charge in [-0.25, -0.2) is 9.07 Å². The molecule has 1 aromatic carbocycles. The summed E-state index contributed by atoms with van der Waals surface area (Å²) >= 11 is 1.54. The fraction of sp³-hybridized carbons (Fsp3) is 0.133. The molecule has 0 bridgehead atoms. The zero-order valence-corrected chi connectivity index (χ0v) is 13.0. The Kier molecular flexibility index (Phi) is 4.33. The van der Waals surface area contributed by atoms with Crippen molar-refractivity contribution in [3.63, 3.8) is 0 Å². The van der Waals surface area contributed by atoms with Gasteiger partial charge in [-0.2, -0.15) is 0 Å². The number of hydrogen-bond acceptors (Lipinski definition) is 5. The van der Waals surface area contributed by atoms with E-state index in [-0.39, 0.29) is 17.9 Å². The number of halogens is 1. The summed E-state index contributed by atoms with van der Waals surface area (Å²) in [5, 5.41) is 13.5. The maximum atomic E-state index is 13.6. The van der Waals surface area contributed by atoms with E-state index in [1.165, 1.54) is 30.6 Å². The van der Waals surface area contributed by atoms with Gasteiger partial charge in [0.25, 0.3) is 5.91 Å². The second kappa shape index (κ2) is 6.57. The van der Waals surface area contributed by atoms with Gasteiger partial charge >= 0.3 is 0 Å². The van der Waals surface area contributed by atoms with Gasteiger partial charge in [0.05, 0.1) is 19.9 Å². The highest BCUT2D eigenvalue weighted by molar-refractivity contribution is 7.12. The number of hydrogen-bond donors (Lipinski definition) is 1. The molecule has 1 N–H and O–H groups in total. The van der Waals surface area contributed by atoms with Gasteiger partial charge < -0.3 is 10.1 Å². The Morgan fingerprint density at radius 3 is 3.00 bits per heavy atom. The lowest BCUT2D eigenvalue weighted by Crippen LogP contribution is -2.23. The zero-order valence-electron chi connectivity index (χ0n) is 12.2. The standard InChI is InChI=1S/C15H13FN4O2S/c1-22-13-5-4-10(7-12(13)16)15(21)17-8-11-9-20(19-18-11)14-3-2-6-23-14/h2-7,9H,8H2,1H3,(H,17,21). The van der Waals surface area contributed by atoms with E-state index in [1.807, 2.05) is 17.5 Å². The molecule has 0 saturated heterocycles. The number of aromatic nitrogens is 3. The van der Waals surface area contributed by atoms with Crippen molar-refractivity contribution in [1.29, 1.82) is 0 Å². The van der Waals surface area contributed by atoms with Crippen LogP contribution in [0.2, 0.25) is 0 Å². The quantitative estimate of drug-likeness (QED) is 0.779. The number of ether oxygens (including phenoxy) is 1. The van der Waals surface area contributed by atoms with Crippen molar-refractivity contribution in [3.8, 4) is 10.8 Å². The zero-order chi connectivity index (χ0) is 16.2. The number of carbonyl (C=O) groups is 1. The Bertz CT molecular complexity index is 817. The second-order valence-corrected chi connectivity index (χ2v) is 5.56. The Morgan fingerprint density at radius 1 is 1.43 bits per heavy atom. The third kappa shape index (κ3) is 3.37. The van der Waals surface area contributed by atoms with Gasteiger partial charge in [0, 0.05) is 5.56 Å². The molecule has 0 spiro atoms. The van der Waals surface area contributed by atoms with Crippen LogP contribution < -0.4 is 10.1 Å². The summed E-state index contributed by atoms with van der Waals surface area (Å²) in [7, 11) is 1.37. The molecule has 2 aromatic heterocycles. The topological polar surface area (TPSA) is 69.0 Å². The Balaban J connectivity index is 1.64. The number of benzene rings is 1. The van der Waals surface area contributed by atoms with Crippen molar-refractivity contribution in [2.45, 2.75) is 6.54 Å². The lowest BCUT2D eigenvalue weighted by molar-refractivity contribution is 0.0950. The predicted octanol–water partition coefficient (Wildman–Crippen LogP) is 2.41. The van der Waals surface area contributed by atoms with Gasteiger partial charge in [0.2, 0.25) is 0 Å². The van der Waals surface area contributed by atoms with Gasteiger partial charge in [-0.1, -0.05) is 5.21 Å². The molecule has 118 valence electrons. The summed E-state index contributed by atoms with van der Waals surface area (Å²) in [5.41, 5.74) is 0.828. The molecule has 23 heavy (non-hydrogen) atoms. The van der Waals surface area contributed by atoms with Crippen LogP contribution in [-0.2, 0) is 6.54 Å². The summed E-state index contributed by atoms with van der Waals surface area (Å²) < 4.78 is 20.1. The highest BCUT2D eigenvalue weighted by Gasteiger charge is 2.11. The molecule has 0 saturated carbocycles. The predicted molar refractivity (Wildman–Crippen MR) is 83.4 cm³/mol. The van der Waals surface area contributed by atoms with Gasteiger partial charge in [-0.05, 0) is 35.7 Å². The largest absolute Gasteiger partial charge is 0.494 e. The molecule has 0 atom stereocenters. The first-order valence-corrected chi connectivity index (χ1v) is 7.62. The molecule has 3 aromatic rings. The molecule has 3 rings (SSSR count). The highest BCUT2D eigenvalue weighted by Crippen LogP contribution is 2.17. The number of methoxy groups -OCH3 is 1. The van der Waals surface area contributed by atoms with E-state index in [9.17, 15) is 9.18 Å². The molecule has 2 heterocycles. The maximum absolute atomic E-state index is 13.6. The molecular formula is C15H13FN4O2S. The minimum atomic E-state index is -0.580. The lowest BCUT2D eigenvalue weighted by Gasteiger charge is -2.05. The van der Waals surface area contributed by atoms with E-state index in [0.717, 1.165) is 11.1 Å². The van der Waals surface area contributed by atoms with Crippen molar-refractivity contribution in [2.24, 2.45) is 0 Å². The second-order valence-electron chi connectivity index (χ2n) is 4.64. The van der Waals surface area contributed by atoms with Crippen LogP contribution in [0.15, 0.2) is 41.9 Å². The van der Waals surface area contributed by atoms with E-state index < -0.39 is 11.7 Å². The van der Waals surface area contributed by atoms with E-state index in [0.29, 0.717) is 5.69 Å². The SMILES string of the molecule is COc1ccc(C(=O)NCc2cn(-c3cccs3)nn2)cc1F. The molecule has 0 aliphatic rings. The normalized spacial score (nSPS) is 10.5. The Morgan fingerprint density at radius 2 is 2.30 bits per heavy atom. The minimum absolute atomic E-state index is 0.0976. The van der Waals surface area contributed by atoms with Gasteiger partial charge in [0.15, 0.2) is 11.6 Å². The van der Waals surface area contributed by atoms with Gasteiger partial charge in [0.1, 0.15) is 10.7 Å². The monoisotopic (exact) mass is 332 g/mol. The van der Waals surface area contributed by atoms with E-state index in [1.54, 1.807) is 10.9 Å². The Hall–Kier alpha value is -2.74. The van der Waals surface area contributed by atoms with Crippen molar-refractivity contribution in [2.75, 3.05) is 7.11 Å². The van der Waals surface area contributed by atoms with Crippen molar-refractivity contribution in [1.82, 2.24) is 20.3 Å². The van der Waals surface area contributed by atoms with Crippen LogP contribution in [0, 0.1) is 5.82 Å². The van der Waals surface area contributed by atoms with E-state index in [2.05, 4.69) is 15.6 Å². The van der Waals surface area contributed by atoms with E-state index >= 15 is 0 Å². The maximum Gasteiger partial charge on any atom is 0.251 e. The molecule has 0 aliphatic heterocycles. The van der Waals surface area contributed by atoms with Crippen LogP contribution in [0.4, 0.5) is 4.39 Å². The van der Waals surface area contributed by atoms with Gasteiger partial charge in [-0.15, -0.1) is 16.4 Å². The third-order valence-electron chi connectivity index (χ3n) is 3.12.